The fourth-order valence-corrected chi connectivity index (χ4v) is 0.762. The molecule has 0 saturated heterocycles. The summed E-state index contributed by atoms with van der Waals surface area (Å²) in [5.41, 5.74) is 0. The maximum atomic E-state index is 2.84. The van der Waals surface area contributed by atoms with Gasteiger partial charge in [0.15, 0.2) is 0 Å². The number of rotatable bonds is 0. The van der Waals surface area contributed by atoms with E-state index >= 15 is 0 Å². The zero-order valence-corrected chi connectivity index (χ0v) is 4.91. The molecule has 0 aromatic carbocycles. The Morgan fingerprint density at radius 1 is 1.83 bits per heavy atom. The van der Waals surface area contributed by atoms with Gasteiger partial charge in [-0.1, -0.05) is 0 Å². The standard InChI is InChI=1S/C5H5.Rh.2H/c1-2-4-5-3-1;;;/h1-3H,4H2;;;/q;;2*-1. The van der Waals surface area contributed by atoms with Crippen LogP contribution in [0.4, 0.5) is 0 Å². The first-order chi connectivity index (χ1) is 2.89. The first-order valence-corrected chi connectivity index (χ1v) is 2.70. The Hall–Kier alpha value is 0.103. The molecule has 0 aromatic heterocycles. The Morgan fingerprint density at radius 2 is 2.67 bits per heavy atom. The van der Waals surface area contributed by atoms with Gasteiger partial charge in [0.1, 0.15) is 0 Å². The van der Waals surface area contributed by atoms with Crippen LogP contribution in [0.3, 0.4) is 0 Å². The van der Waals surface area contributed by atoms with Gasteiger partial charge < -0.3 is 2.85 Å². The summed E-state index contributed by atoms with van der Waals surface area (Å²) in [6, 6.07) is 0. The molecule has 0 heterocycles. The molecule has 0 spiro atoms. The molecular weight excluding hydrogens is 163 g/mol. The molecule has 0 fully saturated rings. The predicted octanol–water partition coefficient (Wildman–Crippen LogP) is 1.60. The van der Waals surface area contributed by atoms with Crippen molar-refractivity contribution in [2.45, 2.75) is 6.42 Å². The molecular formula is C5H7Rh-2. The molecule has 0 bridgehead atoms. The molecule has 6 heavy (non-hydrogen) atoms. The molecule has 0 radical (unpaired) electrons. The van der Waals surface area contributed by atoms with Crippen molar-refractivity contribution >= 4 is 0 Å². The Kier molecular flexibility index (Phi) is 1.21. The molecule has 0 atom stereocenters. The van der Waals surface area contributed by atoms with E-state index in [1.165, 1.54) is 4.17 Å². The topological polar surface area (TPSA) is 0 Å². The van der Waals surface area contributed by atoms with Gasteiger partial charge in [0, 0.05) is 0 Å². The Morgan fingerprint density at radius 3 is 2.83 bits per heavy atom. The second-order valence-corrected chi connectivity index (χ2v) is 2.27. The van der Waals surface area contributed by atoms with Crippen molar-refractivity contribution in [3.8, 4) is 0 Å². The zero-order valence-electron chi connectivity index (χ0n) is 5.27. The zero-order chi connectivity index (χ0) is 4.41. The molecule has 0 aromatic rings. The van der Waals surface area contributed by atoms with Crippen molar-refractivity contribution in [3.63, 3.8) is 0 Å². The first-order valence-electron chi connectivity index (χ1n) is 1.88. The van der Waals surface area contributed by atoms with Gasteiger partial charge in [0.2, 0.25) is 0 Å². The molecule has 1 rings (SSSR count). The van der Waals surface area contributed by atoms with Gasteiger partial charge in [-0.3, -0.25) is 0 Å². The van der Waals surface area contributed by atoms with Crippen LogP contribution in [0.5, 0.6) is 0 Å². The van der Waals surface area contributed by atoms with Gasteiger partial charge in [-0.2, -0.15) is 0 Å². The van der Waals surface area contributed by atoms with Crippen LogP contribution < -0.4 is 0 Å². The molecule has 0 aliphatic heterocycles. The van der Waals surface area contributed by atoms with Crippen molar-refractivity contribution in [3.05, 3.63) is 22.4 Å². The van der Waals surface area contributed by atoms with Gasteiger partial charge >= 0.3 is 47.1 Å². The summed E-state index contributed by atoms with van der Waals surface area (Å²) in [5.74, 6) is 0. The van der Waals surface area contributed by atoms with E-state index < -0.39 is 0 Å². The summed E-state index contributed by atoms with van der Waals surface area (Å²) < 4.78 is 1.36. The van der Waals surface area contributed by atoms with Crippen LogP contribution in [-0.4, -0.2) is 0 Å². The van der Waals surface area contributed by atoms with Crippen molar-refractivity contribution < 1.29 is 21.2 Å². The fourth-order valence-electron chi connectivity index (χ4n) is 0.412. The summed E-state index contributed by atoms with van der Waals surface area (Å²) >= 11 is 2.84. The van der Waals surface area contributed by atoms with E-state index in [-0.39, 0.29) is 2.85 Å². The van der Waals surface area contributed by atoms with E-state index in [1.54, 1.807) is 0 Å². The third kappa shape index (κ3) is 0.783. The Balaban J connectivity index is 0. The van der Waals surface area contributed by atoms with E-state index in [2.05, 4.69) is 36.5 Å². The minimum absolute atomic E-state index is 0. The first kappa shape index (κ1) is 4.27. The quantitative estimate of drug-likeness (QED) is 0.484. The summed E-state index contributed by atoms with van der Waals surface area (Å²) in [6.45, 7) is 0. The van der Waals surface area contributed by atoms with Gasteiger partial charge in [-0.05, 0) is 0 Å². The normalized spacial score (nSPS) is 18.7. The second kappa shape index (κ2) is 1.70. The molecule has 1 aliphatic rings. The van der Waals surface area contributed by atoms with Crippen molar-refractivity contribution in [2.75, 3.05) is 0 Å². The van der Waals surface area contributed by atoms with Crippen LogP contribution in [-0.2, 0) is 18.3 Å². The molecule has 1 heteroatoms. The third-order valence-corrected chi connectivity index (χ3v) is 1.32. The van der Waals surface area contributed by atoms with Crippen LogP contribution in [0.15, 0.2) is 22.4 Å². The van der Waals surface area contributed by atoms with Crippen LogP contribution in [0, 0.1) is 0 Å². The van der Waals surface area contributed by atoms with Crippen LogP contribution >= 0.6 is 0 Å². The van der Waals surface area contributed by atoms with Gasteiger partial charge in [-0.15, -0.1) is 0 Å². The van der Waals surface area contributed by atoms with Crippen LogP contribution in [0.2, 0.25) is 0 Å². The van der Waals surface area contributed by atoms with Crippen molar-refractivity contribution in [1.29, 1.82) is 0 Å². The van der Waals surface area contributed by atoms with Gasteiger partial charge in [0.05, 0.1) is 0 Å². The van der Waals surface area contributed by atoms with Crippen LogP contribution in [0.25, 0.3) is 0 Å². The summed E-state index contributed by atoms with van der Waals surface area (Å²) in [4.78, 5) is 0. The van der Waals surface area contributed by atoms with Gasteiger partial charge in [-0.25, -0.2) is 0 Å². The van der Waals surface area contributed by atoms with E-state index in [0.29, 0.717) is 0 Å². The Labute approximate surface area is 50.6 Å². The summed E-state index contributed by atoms with van der Waals surface area (Å²) in [7, 11) is 0. The molecule has 0 unspecified atom stereocenters. The fraction of sp³-hybridized carbons (Fsp3) is 0.200. The second-order valence-electron chi connectivity index (χ2n) is 1.22. The third-order valence-electron chi connectivity index (χ3n) is 0.709. The summed E-state index contributed by atoms with van der Waals surface area (Å²) in [5, 5.41) is 0. The molecule has 38 valence electrons. The predicted molar refractivity (Wildman–Crippen MR) is 24.1 cm³/mol. The molecule has 0 saturated carbocycles. The average Bonchev–Trinajstić information content (AvgIpc) is 1.86. The Bertz CT molecular complexity index is 107. The molecule has 0 nitrogen and oxygen atoms in total. The molecule has 0 N–H and O–H groups in total. The number of allylic oxidation sites excluding steroid dienone is 4. The van der Waals surface area contributed by atoms with Crippen molar-refractivity contribution in [1.82, 2.24) is 0 Å². The monoisotopic (exact) mass is 170 g/mol. The molecule has 1 aliphatic carbocycles. The van der Waals surface area contributed by atoms with E-state index in [1.807, 2.05) is 0 Å². The summed E-state index contributed by atoms with van der Waals surface area (Å²) in [6.07, 6.45) is 7.41. The minimum atomic E-state index is 0. The van der Waals surface area contributed by atoms with Gasteiger partial charge in [0.25, 0.3) is 0 Å². The van der Waals surface area contributed by atoms with E-state index in [0.717, 1.165) is 6.42 Å². The van der Waals surface area contributed by atoms with Crippen molar-refractivity contribution in [2.24, 2.45) is 0 Å². The van der Waals surface area contributed by atoms with Crippen LogP contribution in [0.1, 0.15) is 9.27 Å². The molecule has 0 amide bonds. The average molecular weight is 170 g/mol. The van der Waals surface area contributed by atoms with E-state index in [9.17, 15) is 0 Å². The SMILES string of the molecule is [H-].[H-].[Rh][C]1=CC=CC1. The number of hydrogen-bond donors (Lipinski definition) is 0. The van der Waals surface area contributed by atoms with E-state index in [4.69, 9.17) is 0 Å². The maximum absolute atomic E-state index is 2.84. The number of hydrogen-bond acceptors (Lipinski definition) is 0.